The molecule has 0 aromatic heterocycles. The summed E-state index contributed by atoms with van der Waals surface area (Å²) >= 11 is 0. The highest BCUT2D eigenvalue weighted by atomic mass is 31.2. The summed E-state index contributed by atoms with van der Waals surface area (Å²) in [4.78, 5) is 37.8. The van der Waals surface area contributed by atoms with Crippen molar-refractivity contribution < 1.29 is 42.1 Å². The zero-order valence-corrected chi connectivity index (χ0v) is 44.3. The lowest BCUT2D eigenvalue weighted by Gasteiger charge is -2.28. The Labute approximate surface area is 406 Å². The maximum Gasteiger partial charge on any atom is 0.306 e. The highest BCUT2D eigenvalue weighted by Gasteiger charge is 2.21. The highest BCUT2D eigenvalue weighted by molar-refractivity contribution is 7.45. The van der Waals surface area contributed by atoms with Crippen molar-refractivity contribution in [1.82, 2.24) is 0 Å². The molecule has 384 valence electrons. The molecule has 2 unspecified atom stereocenters. The average Bonchev–Trinajstić information content (AvgIpc) is 3.27. The van der Waals surface area contributed by atoms with E-state index >= 15 is 0 Å². The molecule has 0 spiro atoms. The molecule has 0 radical (unpaired) electrons. The van der Waals surface area contributed by atoms with E-state index < -0.39 is 26.5 Å². The minimum atomic E-state index is -4.64. The van der Waals surface area contributed by atoms with Crippen LogP contribution in [0.4, 0.5) is 0 Å². The second-order valence-corrected chi connectivity index (χ2v) is 20.6. The average molecular weight is 948 g/mol. The molecule has 0 saturated heterocycles. The largest absolute Gasteiger partial charge is 0.756 e. The Bertz CT molecular complexity index is 1300. The molecule has 0 aromatic rings. The number of hydrogen-bond donors (Lipinski definition) is 0. The quantitative estimate of drug-likeness (QED) is 0.0195. The van der Waals surface area contributed by atoms with E-state index in [9.17, 15) is 19.0 Å². The first-order chi connectivity index (χ1) is 32.0. The third-order valence-corrected chi connectivity index (χ3v) is 12.5. The van der Waals surface area contributed by atoms with Gasteiger partial charge in [0.05, 0.1) is 27.7 Å². The van der Waals surface area contributed by atoms with Gasteiger partial charge in [-0.3, -0.25) is 14.2 Å². The van der Waals surface area contributed by atoms with Crippen LogP contribution in [0, 0.1) is 0 Å². The van der Waals surface area contributed by atoms with Crippen molar-refractivity contribution in [2.45, 2.75) is 238 Å². The Morgan fingerprint density at radius 3 is 1.29 bits per heavy atom. The zero-order chi connectivity index (χ0) is 48.5. The number of likely N-dealkylation sites (N-methyl/N-ethyl adjacent to an activating group) is 1. The topological polar surface area (TPSA) is 111 Å². The number of esters is 2. The summed E-state index contributed by atoms with van der Waals surface area (Å²) in [5.41, 5.74) is 0. The van der Waals surface area contributed by atoms with Gasteiger partial charge < -0.3 is 27.9 Å². The fraction of sp³-hybridized carbons (Fsp3) is 0.786. The monoisotopic (exact) mass is 948 g/mol. The van der Waals surface area contributed by atoms with Crippen molar-refractivity contribution in [3.8, 4) is 0 Å². The number of quaternary nitrogens is 1. The van der Waals surface area contributed by atoms with E-state index in [-0.39, 0.29) is 32.0 Å². The molecule has 0 aromatic carbocycles. The molecule has 0 N–H and O–H groups in total. The van der Waals surface area contributed by atoms with E-state index in [1.807, 2.05) is 21.1 Å². The molecule has 10 heteroatoms. The molecule has 0 heterocycles. The van der Waals surface area contributed by atoms with Crippen LogP contribution in [0.15, 0.2) is 60.8 Å². The molecule has 0 aliphatic carbocycles. The van der Waals surface area contributed by atoms with E-state index in [0.29, 0.717) is 17.4 Å². The zero-order valence-electron chi connectivity index (χ0n) is 43.4. The molecule has 2 atom stereocenters. The van der Waals surface area contributed by atoms with E-state index in [1.54, 1.807) is 0 Å². The molecule has 0 aliphatic heterocycles. The summed E-state index contributed by atoms with van der Waals surface area (Å²) in [6, 6.07) is 0. The minimum absolute atomic E-state index is 0.0388. The summed E-state index contributed by atoms with van der Waals surface area (Å²) in [6.07, 6.45) is 59.8. The third kappa shape index (κ3) is 51.1. The standard InChI is InChI=1S/C56H102NO8P/c1-6-8-10-12-14-16-18-20-22-24-26-27-28-29-31-32-34-36-38-40-42-44-46-48-55(58)62-52-54(53-64-66(60,61)63-51-50-57(3,4)5)65-56(59)49-47-45-43-41-39-37-35-33-30-25-23-21-19-17-15-13-11-9-7-2/h9,11,15,17,21,23,30,33,37,39,54H,6-8,10,12-14,16,18-20,22,24-29,31-32,34-36,38,40-53H2,1-5H3/b11-9-,17-15-,23-21-,33-30-,39-37-. The first-order valence-electron chi connectivity index (χ1n) is 27.0. The second kappa shape index (κ2) is 47.8. The van der Waals surface area contributed by atoms with Gasteiger partial charge in [-0.25, -0.2) is 0 Å². The van der Waals surface area contributed by atoms with Crippen LogP contribution < -0.4 is 4.89 Å². The molecule has 0 saturated carbocycles. The molecule has 0 bridgehead atoms. The third-order valence-electron chi connectivity index (χ3n) is 11.6. The maximum absolute atomic E-state index is 12.7. The highest BCUT2D eigenvalue weighted by Crippen LogP contribution is 2.38. The number of hydrogen-bond acceptors (Lipinski definition) is 8. The normalized spacial score (nSPS) is 13.8. The van der Waals surface area contributed by atoms with Gasteiger partial charge in [-0.05, 0) is 57.8 Å². The Hall–Kier alpha value is -2.29. The van der Waals surface area contributed by atoms with Gasteiger partial charge in [-0.1, -0.05) is 222 Å². The maximum atomic E-state index is 12.7. The number of phosphoric acid groups is 1. The van der Waals surface area contributed by atoms with Crippen LogP contribution in [-0.4, -0.2) is 70.0 Å². The number of phosphoric ester groups is 1. The van der Waals surface area contributed by atoms with Crippen LogP contribution >= 0.6 is 7.82 Å². The van der Waals surface area contributed by atoms with Crippen molar-refractivity contribution in [3.63, 3.8) is 0 Å². The van der Waals surface area contributed by atoms with E-state index in [1.165, 1.54) is 128 Å². The predicted molar refractivity (Wildman–Crippen MR) is 277 cm³/mol. The lowest BCUT2D eigenvalue weighted by molar-refractivity contribution is -0.870. The summed E-state index contributed by atoms with van der Waals surface area (Å²) in [7, 11) is 1.14. The van der Waals surface area contributed by atoms with E-state index in [0.717, 1.165) is 70.6 Å². The fourth-order valence-electron chi connectivity index (χ4n) is 7.39. The molecule has 0 aliphatic rings. The second-order valence-electron chi connectivity index (χ2n) is 19.2. The van der Waals surface area contributed by atoms with Gasteiger partial charge in [0.2, 0.25) is 0 Å². The van der Waals surface area contributed by atoms with Crippen LogP contribution in [0.1, 0.15) is 232 Å². The van der Waals surface area contributed by atoms with Gasteiger partial charge in [0, 0.05) is 12.8 Å². The number of ether oxygens (including phenoxy) is 2. The van der Waals surface area contributed by atoms with Gasteiger partial charge in [-0.15, -0.1) is 0 Å². The van der Waals surface area contributed by atoms with E-state index in [2.05, 4.69) is 74.6 Å². The summed E-state index contributed by atoms with van der Waals surface area (Å²) < 4.78 is 34.1. The SMILES string of the molecule is CC/C=C\C/C=C\C/C=C\C/C=C\C/C=C\CCCCCC(=O)OC(COC(=O)CCCCCCCCCCCCCCCCCCCCCCCCC)COP(=O)([O-])OCC[N+](C)(C)C. The van der Waals surface area contributed by atoms with Crippen molar-refractivity contribution in [2.24, 2.45) is 0 Å². The smallest absolute Gasteiger partial charge is 0.306 e. The molecule has 9 nitrogen and oxygen atoms in total. The Morgan fingerprint density at radius 1 is 0.485 bits per heavy atom. The molecule has 0 rings (SSSR count). The lowest BCUT2D eigenvalue weighted by atomic mass is 10.0. The number of rotatable bonds is 49. The Kier molecular flexibility index (Phi) is 46.1. The van der Waals surface area contributed by atoms with Crippen LogP contribution in [0.25, 0.3) is 0 Å². The summed E-state index contributed by atoms with van der Waals surface area (Å²) in [6.45, 7) is 4.10. The first-order valence-corrected chi connectivity index (χ1v) is 28.5. The van der Waals surface area contributed by atoms with E-state index in [4.69, 9.17) is 18.5 Å². The number of carbonyl (C=O) groups excluding carboxylic acids is 2. The Morgan fingerprint density at radius 2 is 0.864 bits per heavy atom. The van der Waals surface area contributed by atoms with Gasteiger partial charge >= 0.3 is 11.9 Å². The molecular formula is C56H102NO8P. The van der Waals surface area contributed by atoms with Crippen LogP contribution in [-0.2, 0) is 32.7 Å². The minimum Gasteiger partial charge on any atom is -0.756 e. The Balaban J connectivity index is 4.24. The van der Waals surface area contributed by atoms with Crippen LogP contribution in [0.5, 0.6) is 0 Å². The van der Waals surface area contributed by atoms with Crippen molar-refractivity contribution in [3.05, 3.63) is 60.8 Å². The fourth-order valence-corrected chi connectivity index (χ4v) is 8.12. The van der Waals surface area contributed by atoms with Gasteiger partial charge in [0.1, 0.15) is 19.8 Å². The van der Waals surface area contributed by atoms with Gasteiger partial charge in [0.25, 0.3) is 7.82 Å². The van der Waals surface area contributed by atoms with Gasteiger partial charge in [0.15, 0.2) is 6.10 Å². The molecule has 66 heavy (non-hydrogen) atoms. The first kappa shape index (κ1) is 63.7. The number of allylic oxidation sites excluding steroid dienone is 10. The summed E-state index contributed by atoms with van der Waals surface area (Å²) in [5, 5.41) is 0. The summed E-state index contributed by atoms with van der Waals surface area (Å²) in [5.74, 6) is -0.866. The predicted octanol–water partition coefficient (Wildman–Crippen LogP) is 15.7. The van der Waals surface area contributed by atoms with Gasteiger partial charge in [-0.2, -0.15) is 0 Å². The molecule has 0 amide bonds. The number of unbranched alkanes of at least 4 members (excludes halogenated alkanes) is 25. The van der Waals surface area contributed by atoms with Crippen molar-refractivity contribution in [2.75, 3.05) is 47.5 Å². The van der Waals surface area contributed by atoms with Crippen LogP contribution in [0.2, 0.25) is 0 Å². The van der Waals surface area contributed by atoms with Crippen molar-refractivity contribution in [1.29, 1.82) is 0 Å². The number of nitrogens with zero attached hydrogens (tertiary/aromatic N) is 1. The lowest BCUT2D eigenvalue weighted by Crippen LogP contribution is -2.37. The van der Waals surface area contributed by atoms with Crippen LogP contribution in [0.3, 0.4) is 0 Å². The molecular weight excluding hydrogens is 846 g/mol. The van der Waals surface area contributed by atoms with Crippen molar-refractivity contribution >= 4 is 19.8 Å². The number of carbonyl (C=O) groups is 2. The molecule has 0 fully saturated rings.